The molecule has 6 rings (SSSR count). The molecule has 3 heterocycles. The molecule has 2 unspecified atom stereocenters. The van der Waals surface area contributed by atoms with Gasteiger partial charge >= 0.3 is 4.87 Å². The van der Waals surface area contributed by atoms with Crippen molar-refractivity contribution in [3.8, 4) is 0 Å². The number of halogens is 1. The van der Waals surface area contributed by atoms with Crippen molar-refractivity contribution in [1.82, 2.24) is 4.57 Å². The zero-order chi connectivity index (χ0) is 29.8. The van der Waals surface area contributed by atoms with Crippen molar-refractivity contribution >= 4 is 73.8 Å². The van der Waals surface area contributed by atoms with Gasteiger partial charge in [0.25, 0.3) is 0 Å². The average Bonchev–Trinajstić information content (AvgIpc) is 3.40. The standard InChI is InChI=1S/C28H21ClN4O6S3/c29-16-8-6-15(7-9-16)21-22-23(26(36)33(25(22)35)18-4-2-1-3-5-18)40-27-24(21)41-28(37)32(27)14-20(34)31-17-10-12-19(13-11-17)42(30,38)39/h1-13,21-23H,14H2,(H,31,34)(H2,30,38,39)/t21-,22?,23?/m1/s1. The summed E-state index contributed by atoms with van der Waals surface area (Å²) in [4.78, 5) is 55.1. The molecule has 3 aromatic carbocycles. The third-order valence-corrected chi connectivity index (χ3v) is 10.8. The molecule has 4 aromatic rings. The number of fused-ring (bicyclic) bond motifs is 2. The predicted octanol–water partition coefficient (Wildman–Crippen LogP) is 3.65. The maximum atomic E-state index is 13.8. The number of benzene rings is 3. The smallest absolute Gasteiger partial charge is 0.308 e. The third-order valence-electron chi connectivity index (χ3n) is 7.06. The number of primary sulfonamides is 1. The van der Waals surface area contributed by atoms with Crippen LogP contribution in [0, 0.1) is 5.92 Å². The third kappa shape index (κ3) is 5.07. The number of rotatable bonds is 6. The Balaban J connectivity index is 1.36. The molecule has 2 aliphatic heterocycles. The van der Waals surface area contributed by atoms with Crippen LogP contribution in [0.5, 0.6) is 0 Å². The molecule has 1 fully saturated rings. The van der Waals surface area contributed by atoms with Gasteiger partial charge in [0.05, 0.1) is 21.5 Å². The molecule has 14 heteroatoms. The number of nitrogens with one attached hydrogen (secondary N) is 1. The van der Waals surface area contributed by atoms with Gasteiger partial charge in [-0.1, -0.05) is 65.0 Å². The molecule has 2 aliphatic rings. The average molecular weight is 641 g/mol. The van der Waals surface area contributed by atoms with E-state index in [0.717, 1.165) is 28.7 Å². The summed E-state index contributed by atoms with van der Waals surface area (Å²) < 4.78 is 24.3. The molecule has 3 amide bonds. The zero-order valence-corrected chi connectivity index (χ0v) is 24.7. The predicted molar refractivity (Wildman–Crippen MR) is 160 cm³/mol. The second-order valence-electron chi connectivity index (χ2n) is 9.68. The van der Waals surface area contributed by atoms with Crippen LogP contribution in [0.25, 0.3) is 0 Å². The lowest BCUT2D eigenvalue weighted by Gasteiger charge is -2.30. The van der Waals surface area contributed by atoms with Gasteiger partial charge in [-0.05, 0) is 54.1 Å². The highest BCUT2D eigenvalue weighted by molar-refractivity contribution is 8.00. The normalized spacial score (nSPS) is 19.9. The topological polar surface area (TPSA) is 149 Å². The fourth-order valence-corrected chi connectivity index (χ4v) is 8.60. The summed E-state index contributed by atoms with van der Waals surface area (Å²) in [6, 6.07) is 20.9. The maximum absolute atomic E-state index is 13.8. The van der Waals surface area contributed by atoms with Crippen molar-refractivity contribution in [2.24, 2.45) is 11.1 Å². The summed E-state index contributed by atoms with van der Waals surface area (Å²) in [5.74, 6) is -2.67. The molecule has 0 spiro atoms. The zero-order valence-electron chi connectivity index (χ0n) is 21.5. The molecule has 0 bridgehead atoms. The number of carbonyl (C=O) groups excluding carboxylic acids is 3. The van der Waals surface area contributed by atoms with Crippen LogP contribution in [-0.4, -0.2) is 36.0 Å². The molecular weight excluding hydrogens is 620 g/mol. The first-order chi connectivity index (χ1) is 20.0. The van der Waals surface area contributed by atoms with Gasteiger partial charge in [-0.25, -0.2) is 18.5 Å². The molecule has 0 saturated carbocycles. The SMILES string of the molecule is NS(=O)(=O)c1ccc(NC(=O)Cn2c3c(sc2=O)[C@H](c2ccc(Cl)cc2)C2C(=O)N(c4ccccc4)C(=O)C2S3)cc1. The number of sulfonamides is 1. The molecule has 10 nitrogen and oxygen atoms in total. The van der Waals surface area contributed by atoms with Crippen molar-refractivity contribution in [2.75, 3.05) is 10.2 Å². The number of hydrogen-bond donors (Lipinski definition) is 2. The van der Waals surface area contributed by atoms with Gasteiger partial charge in [0.1, 0.15) is 11.8 Å². The van der Waals surface area contributed by atoms with Crippen LogP contribution < -0.4 is 20.2 Å². The van der Waals surface area contributed by atoms with Crippen molar-refractivity contribution in [1.29, 1.82) is 0 Å². The molecular formula is C28H21ClN4O6S3. The molecule has 0 radical (unpaired) electrons. The Labute approximate surface area is 253 Å². The van der Waals surface area contributed by atoms with E-state index in [1.165, 1.54) is 33.7 Å². The molecule has 214 valence electrons. The number of anilines is 2. The fourth-order valence-electron chi connectivity index (χ4n) is 5.19. The summed E-state index contributed by atoms with van der Waals surface area (Å²) >= 11 is 8.19. The molecule has 0 aliphatic carbocycles. The summed E-state index contributed by atoms with van der Waals surface area (Å²) in [6.07, 6.45) is 0. The van der Waals surface area contributed by atoms with E-state index < -0.39 is 43.8 Å². The minimum absolute atomic E-state index is 0.108. The highest BCUT2D eigenvalue weighted by Crippen LogP contribution is 2.53. The van der Waals surface area contributed by atoms with E-state index in [1.807, 2.05) is 0 Å². The first-order valence-corrected chi connectivity index (χ1v) is 16.2. The van der Waals surface area contributed by atoms with E-state index in [9.17, 15) is 27.6 Å². The van der Waals surface area contributed by atoms with Gasteiger partial charge in [-0.15, -0.1) is 0 Å². The highest BCUT2D eigenvalue weighted by atomic mass is 35.5. The van der Waals surface area contributed by atoms with E-state index in [0.29, 0.717) is 26.3 Å². The monoisotopic (exact) mass is 640 g/mol. The Kier molecular flexibility index (Phi) is 7.31. The number of hydrogen-bond acceptors (Lipinski definition) is 8. The number of nitrogens with two attached hydrogens (primary N) is 1. The van der Waals surface area contributed by atoms with E-state index in [4.69, 9.17) is 16.7 Å². The molecule has 1 aromatic heterocycles. The summed E-state index contributed by atoms with van der Waals surface area (Å²) in [5, 5.41) is 7.90. The van der Waals surface area contributed by atoms with Crippen LogP contribution in [0.1, 0.15) is 16.4 Å². The Morgan fingerprint density at radius 1 is 0.929 bits per heavy atom. The molecule has 1 saturated heterocycles. The minimum atomic E-state index is -3.89. The number of thioether (sulfide) groups is 1. The summed E-state index contributed by atoms with van der Waals surface area (Å²) in [5.41, 5.74) is 1.50. The maximum Gasteiger partial charge on any atom is 0.308 e. The largest absolute Gasteiger partial charge is 0.325 e. The van der Waals surface area contributed by atoms with Crippen molar-refractivity contribution in [2.45, 2.75) is 27.6 Å². The fraction of sp³-hybridized carbons (Fsp3) is 0.143. The Morgan fingerprint density at radius 2 is 1.60 bits per heavy atom. The molecule has 3 N–H and O–H groups in total. The van der Waals surface area contributed by atoms with Crippen LogP contribution in [0.3, 0.4) is 0 Å². The number of para-hydroxylation sites is 1. The number of thiazole rings is 1. The van der Waals surface area contributed by atoms with E-state index in [1.54, 1.807) is 54.6 Å². The van der Waals surface area contributed by atoms with Crippen molar-refractivity contribution in [3.63, 3.8) is 0 Å². The number of nitrogens with zero attached hydrogens (tertiary/aromatic N) is 2. The Morgan fingerprint density at radius 3 is 2.24 bits per heavy atom. The Bertz CT molecular complexity index is 1890. The van der Waals surface area contributed by atoms with Gasteiger partial charge in [0, 0.05) is 21.5 Å². The van der Waals surface area contributed by atoms with Crippen LogP contribution >= 0.6 is 34.7 Å². The second-order valence-corrected chi connectivity index (χ2v) is 13.8. The van der Waals surface area contributed by atoms with Gasteiger partial charge in [0.15, 0.2) is 0 Å². The van der Waals surface area contributed by atoms with Crippen LogP contribution in [0.15, 0.2) is 93.6 Å². The first-order valence-electron chi connectivity index (χ1n) is 12.5. The lowest BCUT2D eigenvalue weighted by Crippen LogP contribution is -2.33. The van der Waals surface area contributed by atoms with Crippen LogP contribution in [-0.2, 0) is 31.0 Å². The van der Waals surface area contributed by atoms with E-state index in [-0.39, 0.29) is 17.3 Å². The van der Waals surface area contributed by atoms with Gasteiger partial charge in [-0.3, -0.25) is 23.7 Å². The van der Waals surface area contributed by atoms with Crippen LogP contribution in [0.2, 0.25) is 5.02 Å². The number of amides is 3. The van der Waals surface area contributed by atoms with Gasteiger partial charge in [-0.2, -0.15) is 0 Å². The molecule has 3 atom stereocenters. The van der Waals surface area contributed by atoms with Crippen LogP contribution in [0.4, 0.5) is 11.4 Å². The number of imide groups is 1. The van der Waals surface area contributed by atoms with E-state index >= 15 is 0 Å². The number of carbonyl (C=O) groups is 3. The van der Waals surface area contributed by atoms with Gasteiger partial charge < -0.3 is 5.32 Å². The first kappa shape index (κ1) is 28.4. The highest BCUT2D eigenvalue weighted by Gasteiger charge is 2.56. The second kappa shape index (κ2) is 10.8. The molecule has 42 heavy (non-hydrogen) atoms. The minimum Gasteiger partial charge on any atom is -0.325 e. The van der Waals surface area contributed by atoms with Gasteiger partial charge in [0.2, 0.25) is 27.7 Å². The lowest BCUT2D eigenvalue weighted by atomic mass is 9.83. The summed E-state index contributed by atoms with van der Waals surface area (Å²) in [7, 11) is -3.89. The number of aromatic nitrogens is 1. The van der Waals surface area contributed by atoms with Crippen molar-refractivity contribution < 1.29 is 22.8 Å². The Hall–Kier alpha value is -3.75. The van der Waals surface area contributed by atoms with E-state index in [2.05, 4.69) is 5.32 Å². The summed E-state index contributed by atoms with van der Waals surface area (Å²) in [6.45, 7) is -0.357. The lowest BCUT2D eigenvalue weighted by molar-refractivity contribution is -0.122. The quantitative estimate of drug-likeness (QED) is 0.306. The van der Waals surface area contributed by atoms with Crippen molar-refractivity contribution in [3.05, 3.63) is 104 Å².